The summed E-state index contributed by atoms with van der Waals surface area (Å²) in [6.07, 6.45) is 6.14. The van der Waals surface area contributed by atoms with Crippen molar-refractivity contribution in [3.05, 3.63) is 29.8 Å². The van der Waals surface area contributed by atoms with Gasteiger partial charge in [-0.05, 0) is 77.1 Å². The number of hydrogen-bond donors (Lipinski definition) is 1. The van der Waals surface area contributed by atoms with Crippen LogP contribution in [0.5, 0.6) is 5.75 Å². The summed E-state index contributed by atoms with van der Waals surface area (Å²) in [5, 5.41) is 12.3. The summed E-state index contributed by atoms with van der Waals surface area (Å²) in [4.78, 5) is 39.5. The molecule has 1 saturated carbocycles. The highest BCUT2D eigenvalue weighted by Crippen LogP contribution is 2.28. The molecule has 1 aromatic rings. The van der Waals surface area contributed by atoms with E-state index in [1.54, 1.807) is 12.1 Å². The van der Waals surface area contributed by atoms with Gasteiger partial charge in [0.15, 0.2) is 12.7 Å². The second kappa shape index (κ2) is 11.4. The second-order valence-corrected chi connectivity index (χ2v) is 9.53. The van der Waals surface area contributed by atoms with Gasteiger partial charge in [0.25, 0.3) is 11.8 Å². The third-order valence-electron chi connectivity index (χ3n) is 6.87. The van der Waals surface area contributed by atoms with E-state index in [1.807, 2.05) is 4.90 Å². The molecule has 2 fully saturated rings. The zero-order valence-corrected chi connectivity index (χ0v) is 20.3. The van der Waals surface area contributed by atoms with E-state index in [0.29, 0.717) is 18.6 Å². The number of rotatable bonds is 7. The largest absolute Gasteiger partial charge is 0.484 e. The van der Waals surface area contributed by atoms with Gasteiger partial charge >= 0.3 is 5.97 Å². The molecule has 1 heterocycles. The van der Waals surface area contributed by atoms with Gasteiger partial charge in [-0.25, -0.2) is 4.79 Å². The summed E-state index contributed by atoms with van der Waals surface area (Å²) in [6, 6.07) is 8.92. The molecule has 0 radical (unpaired) electrons. The lowest BCUT2D eigenvalue weighted by Gasteiger charge is -2.38. The van der Waals surface area contributed by atoms with Gasteiger partial charge in [0.1, 0.15) is 11.3 Å². The zero-order chi connectivity index (χ0) is 24.7. The third kappa shape index (κ3) is 6.28. The van der Waals surface area contributed by atoms with Crippen molar-refractivity contribution in [2.24, 2.45) is 0 Å². The Bertz CT molecular complexity index is 907. The average Bonchev–Trinajstić information content (AvgIpc) is 2.83. The Morgan fingerprint density at radius 1 is 1.09 bits per heavy atom. The number of benzene rings is 1. The lowest BCUT2D eigenvalue weighted by molar-refractivity contribution is -0.139. The number of piperidine rings is 1. The van der Waals surface area contributed by atoms with Gasteiger partial charge in [0.2, 0.25) is 0 Å². The van der Waals surface area contributed by atoms with Crippen LogP contribution < -0.4 is 10.1 Å². The maximum absolute atomic E-state index is 12.6. The molecule has 8 heteroatoms. The maximum Gasteiger partial charge on any atom is 0.338 e. The summed E-state index contributed by atoms with van der Waals surface area (Å²) in [6.45, 7) is 5.55. The second-order valence-electron chi connectivity index (χ2n) is 9.53. The summed E-state index contributed by atoms with van der Waals surface area (Å²) in [5.74, 6) is -0.690. The summed E-state index contributed by atoms with van der Waals surface area (Å²) in [7, 11) is 0. The molecule has 1 saturated heterocycles. The van der Waals surface area contributed by atoms with E-state index >= 15 is 0 Å². The minimum Gasteiger partial charge on any atom is -0.484 e. The normalized spacial score (nSPS) is 22.7. The van der Waals surface area contributed by atoms with Gasteiger partial charge in [0, 0.05) is 12.1 Å². The van der Waals surface area contributed by atoms with Crippen LogP contribution in [0.3, 0.4) is 0 Å². The van der Waals surface area contributed by atoms with Crippen LogP contribution in [0.2, 0.25) is 0 Å². The molecule has 184 valence electrons. The summed E-state index contributed by atoms with van der Waals surface area (Å²) < 4.78 is 10.9. The Labute approximate surface area is 201 Å². The monoisotopic (exact) mass is 469 g/mol. The van der Waals surface area contributed by atoms with Crippen molar-refractivity contribution in [3.63, 3.8) is 0 Å². The van der Waals surface area contributed by atoms with Crippen molar-refractivity contribution in [2.75, 3.05) is 6.61 Å². The topological polar surface area (TPSA) is 109 Å². The fourth-order valence-electron chi connectivity index (χ4n) is 4.86. The molecule has 1 aliphatic carbocycles. The molecule has 2 amide bonds. The molecule has 0 spiro atoms. The molecule has 0 aromatic heterocycles. The minimum absolute atomic E-state index is 0.0453. The van der Waals surface area contributed by atoms with E-state index in [-0.39, 0.29) is 30.2 Å². The van der Waals surface area contributed by atoms with E-state index in [9.17, 15) is 19.6 Å². The number of amides is 2. The highest BCUT2D eigenvalue weighted by Gasteiger charge is 2.35. The smallest absolute Gasteiger partial charge is 0.338 e. The maximum atomic E-state index is 12.6. The van der Waals surface area contributed by atoms with Crippen LogP contribution in [0.4, 0.5) is 0 Å². The molecule has 1 aromatic carbocycles. The molecular formula is C26H35N3O5. The van der Waals surface area contributed by atoms with Gasteiger partial charge in [-0.15, -0.1) is 0 Å². The van der Waals surface area contributed by atoms with Crippen LogP contribution in [0.1, 0.15) is 82.5 Å². The number of carbonyl (C=O) groups is 3. The van der Waals surface area contributed by atoms with E-state index in [1.165, 1.54) is 19.1 Å². The van der Waals surface area contributed by atoms with Gasteiger partial charge in [-0.1, -0.05) is 19.3 Å². The Kier molecular flexibility index (Phi) is 8.54. The van der Waals surface area contributed by atoms with Crippen LogP contribution in [0, 0.1) is 11.3 Å². The van der Waals surface area contributed by atoms with Crippen molar-refractivity contribution in [1.82, 2.24) is 10.2 Å². The first-order chi connectivity index (χ1) is 16.2. The first-order valence-corrected chi connectivity index (χ1v) is 12.2. The number of nitriles is 1. The van der Waals surface area contributed by atoms with Crippen LogP contribution in [-0.2, 0) is 14.3 Å². The minimum atomic E-state index is -1.03. The van der Waals surface area contributed by atoms with Crippen molar-refractivity contribution >= 4 is 17.8 Å². The SMILES string of the molecule is CC(OC(=O)c1ccc(OCC(=O)N2C(C)CCCC2C)cc1)C(=O)NC1(C#N)CCCCC1. The molecule has 1 aliphatic heterocycles. The number of nitrogens with one attached hydrogen (secondary N) is 1. The third-order valence-corrected chi connectivity index (χ3v) is 6.87. The van der Waals surface area contributed by atoms with Crippen LogP contribution >= 0.6 is 0 Å². The van der Waals surface area contributed by atoms with E-state index in [2.05, 4.69) is 25.2 Å². The van der Waals surface area contributed by atoms with Gasteiger partial charge in [0.05, 0.1) is 11.6 Å². The van der Waals surface area contributed by atoms with Crippen molar-refractivity contribution in [1.29, 1.82) is 5.26 Å². The van der Waals surface area contributed by atoms with Crippen molar-refractivity contribution < 1.29 is 23.9 Å². The number of esters is 1. The van der Waals surface area contributed by atoms with Crippen LogP contribution in [0.25, 0.3) is 0 Å². The van der Waals surface area contributed by atoms with E-state index in [4.69, 9.17) is 9.47 Å². The van der Waals surface area contributed by atoms with E-state index < -0.39 is 23.5 Å². The Morgan fingerprint density at radius 2 is 1.71 bits per heavy atom. The van der Waals surface area contributed by atoms with Crippen LogP contribution in [-0.4, -0.2) is 53.0 Å². The predicted molar refractivity (Wildman–Crippen MR) is 126 cm³/mol. The van der Waals surface area contributed by atoms with Crippen LogP contribution in [0.15, 0.2) is 24.3 Å². The van der Waals surface area contributed by atoms with Gasteiger partial charge in [-0.2, -0.15) is 5.26 Å². The number of likely N-dealkylation sites (tertiary alicyclic amines) is 1. The highest BCUT2D eigenvalue weighted by molar-refractivity contribution is 5.92. The molecule has 3 rings (SSSR count). The lowest BCUT2D eigenvalue weighted by Crippen LogP contribution is -2.52. The van der Waals surface area contributed by atoms with Crippen molar-refractivity contribution in [2.45, 2.75) is 95.9 Å². The standard InChI is InChI=1S/C26H35N3O5/c1-18-8-7-9-19(2)29(18)23(30)16-33-22-12-10-21(11-13-22)25(32)34-20(3)24(31)28-26(17-27)14-5-4-6-15-26/h10-13,18-20H,4-9,14-16H2,1-3H3,(H,28,31). The fourth-order valence-corrected chi connectivity index (χ4v) is 4.86. The molecule has 34 heavy (non-hydrogen) atoms. The molecular weight excluding hydrogens is 434 g/mol. The molecule has 1 N–H and O–H groups in total. The average molecular weight is 470 g/mol. The number of hydrogen-bond acceptors (Lipinski definition) is 6. The molecule has 0 bridgehead atoms. The van der Waals surface area contributed by atoms with E-state index in [0.717, 1.165) is 38.5 Å². The van der Waals surface area contributed by atoms with Gasteiger partial charge in [-0.3, -0.25) is 9.59 Å². The number of carbonyl (C=O) groups excluding carboxylic acids is 3. The Balaban J connectivity index is 1.50. The quantitative estimate of drug-likeness (QED) is 0.610. The lowest BCUT2D eigenvalue weighted by atomic mass is 9.83. The Morgan fingerprint density at radius 3 is 2.29 bits per heavy atom. The molecule has 3 atom stereocenters. The number of nitrogens with zero attached hydrogens (tertiary/aromatic N) is 2. The summed E-state index contributed by atoms with van der Waals surface area (Å²) in [5.41, 5.74) is -0.611. The molecule has 3 unspecified atom stereocenters. The summed E-state index contributed by atoms with van der Waals surface area (Å²) >= 11 is 0. The Hall–Kier alpha value is -3.08. The first kappa shape index (κ1) is 25.5. The highest BCUT2D eigenvalue weighted by atomic mass is 16.5. The molecule has 8 nitrogen and oxygen atoms in total. The fraction of sp³-hybridized carbons (Fsp3) is 0.615. The van der Waals surface area contributed by atoms with Gasteiger partial charge < -0.3 is 19.7 Å². The number of ether oxygens (including phenoxy) is 2. The van der Waals surface area contributed by atoms with Crippen molar-refractivity contribution in [3.8, 4) is 11.8 Å². The zero-order valence-electron chi connectivity index (χ0n) is 20.3. The predicted octanol–water partition coefficient (Wildman–Crippen LogP) is 3.74. The first-order valence-electron chi connectivity index (χ1n) is 12.2. The molecule has 2 aliphatic rings.